The summed E-state index contributed by atoms with van der Waals surface area (Å²) in [5, 5.41) is 7.60. The first-order valence-electron chi connectivity index (χ1n) is 11.1. The van der Waals surface area contributed by atoms with Gasteiger partial charge >= 0.3 is 0 Å². The van der Waals surface area contributed by atoms with E-state index >= 15 is 0 Å². The van der Waals surface area contributed by atoms with Crippen LogP contribution in [0, 0.1) is 13.8 Å². The quantitative estimate of drug-likeness (QED) is 0.434. The third-order valence-corrected chi connectivity index (χ3v) is 5.68. The van der Waals surface area contributed by atoms with Crippen molar-refractivity contribution in [1.29, 1.82) is 0 Å². The number of aryl methyl sites for hydroxylation is 2. The summed E-state index contributed by atoms with van der Waals surface area (Å²) in [6.45, 7) is 14.3. The fourth-order valence-electron chi connectivity index (χ4n) is 4.13. The molecule has 168 valence electrons. The van der Waals surface area contributed by atoms with Gasteiger partial charge in [0, 0.05) is 30.9 Å². The fraction of sp³-hybridized carbons (Fsp3) is 0.417. The van der Waals surface area contributed by atoms with Crippen LogP contribution in [0.3, 0.4) is 0 Å². The van der Waals surface area contributed by atoms with Gasteiger partial charge in [-0.15, -0.1) is 0 Å². The molecule has 8 nitrogen and oxygen atoms in total. The molecule has 32 heavy (non-hydrogen) atoms. The van der Waals surface area contributed by atoms with Gasteiger partial charge < -0.3 is 9.84 Å². The van der Waals surface area contributed by atoms with Gasteiger partial charge in [0.05, 0.1) is 11.3 Å². The molecule has 0 radical (unpaired) electrons. The standard InChI is InChI=1S/C24H31N7O/c1-15(2)30(16(3)4)13-12-25-23-21-24(31(14-26-21)19-10-8-7-9-11-19)28-22(27-23)20-17(5)29-32-18(20)6/h7-11,14-16H,12-13H2,1-6H3,(H,25,27,28). The Labute approximate surface area is 188 Å². The Kier molecular flexibility index (Phi) is 6.23. The second-order valence-electron chi connectivity index (χ2n) is 8.57. The third-order valence-electron chi connectivity index (χ3n) is 5.68. The van der Waals surface area contributed by atoms with Gasteiger partial charge in [0.25, 0.3) is 0 Å². The van der Waals surface area contributed by atoms with E-state index in [2.05, 4.69) is 48.1 Å². The Bertz CT molecular complexity index is 1170. The summed E-state index contributed by atoms with van der Waals surface area (Å²) >= 11 is 0. The first-order chi connectivity index (χ1) is 15.4. The topological polar surface area (TPSA) is 84.9 Å². The molecule has 0 atom stereocenters. The minimum Gasteiger partial charge on any atom is -0.367 e. The molecule has 1 N–H and O–H groups in total. The van der Waals surface area contributed by atoms with Crippen molar-refractivity contribution in [2.24, 2.45) is 0 Å². The highest BCUT2D eigenvalue weighted by atomic mass is 16.5. The third kappa shape index (κ3) is 4.23. The molecule has 8 heteroatoms. The number of nitrogens with zero attached hydrogens (tertiary/aromatic N) is 6. The van der Waals surface area contributed by atoms with Gasteiger partial charge in [0.1, 0.15) is 12.1 Å². The van der Waals surface area contributed by atoms with Crippen LogP contribution in [0.25, 0.3) is 28.2 Å². The highest BCUT2D eigenvalue weighted by molar-refractivity contribution is 5.86. The smallest absolute Gasteiger partial charge is 0.170 e. The Morgan fingerprint density at radius 2 is 1.75 bits per heavy atom. The minimum atomic E-state index is 0.470. The molecule has 3 heterocycles. The normalized spacial score (nSPS) is 11.9. The SMILES string of the molecule is Cc1noc(C)c1-c1nc(NCCN(C(C)C)C(C)C)c2ncn(-c3ccccc3)c2n1. The number of hydrogen-bond donors (Lipinski definition) is 1. The van der Waals surface area contributed by atoms with Crippen molar-refractivity contribution in [1.82, 2.24) is 29.6 Å². The van der Waals surface area contributed by atoms with E-state index in [1.54, 1.807) is 6.33 Å². The van der Waals surface area contributed by atoms with Crippen LogP contribution in [0.1, 0.15) is 39.1 Å². The number of benzene rings is 1. The summed E-state index contributed by atoms with van der Waals surface area (Å²) in [7, 11) is 0. The summed E-state index contributed by atoms with van der Waals surface area (Å²) in [6.07, 6.45) is 1.80. The Morgan fingerprint density at radius 3 is 2.38 bits per heavy atom. The van der Waals surface area contributed by atoms with Crippen LogP contribution in [0.5, 0.6) is 0 Å². The molecule has 0 amide bonds. The number of aromatic nitrogens is 5. The largest absolute Gasteiger partial charge is 0.367 e. The van der Waals surface area contributed by atoms with Crippen molar-refractivity contribution < 1.29 is 4.52 Å². The molecule has 4 aromatic rings. The number of anilines is 1. The molecule has 1 aromatic carbocycles. The molecule has 0 spiro atoms. The van der Waals surface area contributed by atoms with Gasteiger partial charge in [0.15, 0.2) is 22.8 Å². The highest BCUT2D eigenvalue weighted by Gasteiger charge is 2.20. The maximum atomic E-state index is 5.38. The van der Waals surface area contributed by atoms with E-state index < -0.39 is 0 Å². The zero-order chi connectivity index (χ0) is 22.8. The van der Waals surface area contributed by atoms with Crippen molar-refractivity contribution in [3.63, 3.8) is 0 Å². The molecule has 0 saturated heterocycles. The lowest BCUT2D eigenvalue weighted by Crippen LogP contribution is -2.40. The molecule has 4 rings (SSSR count). The predicted octanol–water partition coefficient (Wildman–Crippen LogP) is 4.62. The number of rotatable bonds is 8. The summed E-state index contributed by atoms with van der Waals surface area (Å²) < 4.78 is 7.37. The van der Waals surface area contributed by atoms with E-state index in [9.17, 15) is 0 Å². The van der Waals surface area contributed by atoms with Gasteiger partial charge in [-0.05, 0) is 53.7 Å². The number of fused-ring (bicyclic) bond motifs is 1. The molecule has 0 aliphatic carbocycles. The van der Waals surface area contributed by atoms with Crippen LogP contribution >= 0.6 is 0 Å². The number of imidazole rings is 1. The fourth-order valence-corrected chi connectivity index (χ4v) is 4.13. The lowest BCUT2D eigenvalue weighted by Gasteiger charge is -2.30. The lowest BCUT2D eigenvalue weighted by molar-refractivity contribution is 0.182. The maximum absolute atomic E-state index is 5.38. The molecule has 3 aromatic heterocycles. The van der Waals surface area contributed by atoms with Crippen LogP contribution in [0.2, 0.25) is 0 Å². The van der Waals surface area contributed by atoms with Crippen LogP contribution in [-0.2, 0) is 0 Å². The average Bonchev–Trinajstić information content (AvgIpc) is 3.34. The molecule has 0 bridgehead atoms. The zero-order valence-electron chi connectivity index (χ0n) is 19.6. The summed E-state index contributed by atoms with van der Waals surface area (Å²) in [5.74, 6) is 2.00. The van der Waals surface area contributed by atoms with Crippen molar-refractivity contribution in [3.05, 3.63) is 48.1 Å². The molecular formula is C24H31N7O. The number of nitrogens with one attached hydrogen (secondary N) is 1. The van der Waals surface area contributed by atoms with E-state index in [-0.39, 0.29) is 0 Å². The van der Waals surface area contributed by atoms with Gasteiger partial charge in [-0.25, -0.2) is 15.0 Å². The molecule has 0 aliphatic heterocycles. The summed E-state index contributed by atoms with van der Waals surface area (Å²) in [5.41, 5.74) is 4.07. The molecule has 0 saturated carbocycles. The van der Waals surface area contributed by atoms with E-state index in [1.165, 1.54) is 0 Å². The Balaban J connectivity index is 1.76. The number of hydrogen-bond acceptors (Lipinski definition) is 7. The molecule has 0 aliphatic rings. The van der Waals surface area contributed by atoms with Crippen molar-refractivity contribution in [2.75, 3.05) is 18.4 Å². The van der Waals surface area contributed by atoms with Gasteiger partial charge in [0.2, 0.25) is 0 Å². The van der Waals surface area contributed by atoms with Crippen LogP contribution in [-0.4, -0.2) is 54.7 Å². The second-order valence-corrected chi connectivity index (χ2v) is 8.57. The molecular weight excluding hydrogens is 402 g/mol. The van der Waals surface area contributed by atoms with Crippen molar-refractivity contribution in [3.8, 4) is 17.1 Å². The lowest BCUT2D eigenvalue weighted by atomic mass is 10.2. The highest BCUT2D eigenvalue weighted by Crippen LogP contribution is 2.29. The van der Waals surface area contributed by atoms with E-state index in [4.69, 9.17) is 14.5 Å². The molecule has 0 unspecified atom stereocenters. The van der Waals surface area contributed by atoms with Crippen molar-refractivity contribution >= 4 is 17.0 Å². The molecule has 0 fully saturated rings. The van der Waals surface area contributed by atoms with Crippen molar-refractivity contribution in [2.45, 2.75) is 53.6 Å². The van der Waals surface area contributed by atoms with Gasteiger partial charge in [-0.1, -0.05) is 23.4 Å². The first kappa shape index (κ1) is 22.0. The Morgan fingerprint density at radius 1 is 1.03 bits per heavy atom. The number of para-hydroxylation sites is 1. The Hall–Kier alpha value is -3.26. The average molecular weight is 434 g/mol. The van der Waals surface area contributed by atoms with Gasteiger partial charge in [-0.3, -0.25) is 9.47 Å². The second kappa shape index (κ2) is 9.08. The summed E-state index contributed by atoms with van der Waals surface area (Å²) in [6, 6.07) is 11.0. The van der Waals surface area contributed by atoms with Crippen LogP contribution in [0.15, 0.2) is 41.2 Å². The zero-order valence-corrected chi connectivity index (χ0v) is 19.6. The first-order valence-corrected chi connectivity index (χ1v) is 11.1. The summed E-state index contributed by atoms with van der Waals surface area (Å²) in [4.78, 5) is 16.8. The van der Waals surface area contributed by atoms with Crippen LogP contribution < -0.4 is 5.32 Å². The maximum Gasteiger partial charge on any atom is 0.170 e. The van der Waals surface area contributed by atoms with E-state index in [1.807, 2.05) is 48.7 Å². The monoisotopic (exact) mass is 433 g/mol. The minimum absolute atomic E-state index is 0.470. The predicted molar refractivity (Wildman–Crippen MR) is 127 cm³/mol. The van der Waals surface area contributed by atoms with Gasteiger partial charge in [-0.2, -0.15) is 0 Å². The van der Waals surface area contributed by atoms with E-state index in [0.717, 1.165) is 41.2 Å². The van der Waals surface area contributed by atoms with Crippen LogP contribution in [0.4, 0.5) is 5.82 Å². The van der Waals surface area contributed by atoms with E-state index in [0.29, 0.717) is 29.5 Å².